The lowest BCUT2D eigenvalue weighted by molar-refractivity contribution is 0.750. The zero-order valence-corrected chi connectivity index (χ0v) is 6.66. The summed E-state index contributed by atoms with van der Waals surface area (Å²) in [7, 11) is 1.81. The van der Waals surface area contributed by atoms with Gasteiger partial charge in [-0.2, -0.15) is 17.0 Å². The average Bonchev–Trinajstić information content (AvgIpc) is 1.91. The van der Waals surface area contributed by atoms with Gasteiger partial charge in [0, 0.05) is 5.75 Å². The van der Waals surface area contributed by atoms with Gasteiger partial charge < -0.3 is 5.32 Å². The summed E-state index contributed by atoms with van der Waals surface area (Å²) >= 11 is 1.78. The van der Waals surface area contributed by atoms with Gasteiger partial charge in [0.25, 0.3) is 0 Å². The Morgan fingerprint density at radius 1 is 1.78 bits per heavy atom. The molecule has 0 spiro atoms. The third-order valence-corrected chi connectivity index (χ3v) is 1.97. The minimum atomic E-state index is 0.0231. The van der Waals surface area contributed by atoms with Gasteiger partial charge >= 0.3 is 0 Å². The van der Waals surface area contributed by atoms with E-state index < -0.39 is 0 Å². The molecule has 0 saturated carbocycles. The fraction of sp³-hybridized carbons (Fsp3) is 0.833. The minimum Gasteiger partial charge on any atom is -0.304 e. The van der Waals surface area contributed by atoms with Crippen molar-refractivity contribution in [3.05, 3.63) is 0 Å². The highest BCUT2D eigenvalue weighted by molar-refractivity contribution is 7.99. The third kappa shape index (κ3) is 4.31. The van der Waals surface area contributed by atoms with Crippen LogP contribution in [0.4, 0.5) is 0 Å². The smallest absolute Gasteiger partial charge is 0.104 e. The third-order valence-electron chi connectivity index (χ3n) is 0.993. The first-order valence-corrected chi connectivity index (χ1v) is 4.15. The van der Waals surface area contributed by atoms with E-state index in [9.17, 15) is 0 Å². The molecule has 0 rings (SSSR count). The largest absolute Gasteiger partial charge is 0.304 e. The lowest BCUT2D eigenvalue weighted by Crippen LogP contribution is -2.25. The second kappa shape index (κ2) is 5.93. The first kappa shape index (κ1) is 8.80. The Labute approximate surface area is 60.6 Å². The van der Waals surface area contributed by atoms with E-state index in [0.29, 0.717) is 0 Å². The van der Waals surface area contributed by atoms with E-state index in [2.05, 4.69) is 18.3 Å². The fourth-order valence-corrected chi connectivity index (χ4v) is 1.13. The van der Waals surface area contributed by atoms with Crippen LogP contribution < -0.4 is 5.32 Å². The van der Waals surface area contributed by atoms with Crippen molar-refractivity contribution in [3.63, 3.8) is 0 Å². The van der Waals surface area contributed by atoms with Gasteiger partial charge in [0.1, 0.15) is 6.04 Å². The summed E-state index contributed by atoms with van der Waals surface area (Å²) in [5, 5.41) is 11.3. The average molecular weight is 144 g/mol. The van der Waals surface area contributed by atoms with Crippen LogP contribution in [-0.2, 0) is 0 Å². The zero-order chi connectivity index (χ0) is 7.11. The molecule has 1 unspecified atom stereocenters. The molecule has 2 nitrogen and oxygen atoms in total. The molecule has 0 bridgehead atoms. The molecule has 3 heteroatoms. The van der Waals surface area contributed by atoms with Crippen molar-refractivity contribution in [2.24, 2.45) is 0 Å². The number of rotatable bonds is 4. The van der Waals surface area contributed by atoms with Crippen molar-refractivity contribution >= 4 is 11.8 Å². The summed E-state index contributed by atoms with van der Waals surface area (Å²) in [6, 6.07) is 2.18. The van der Waals surface area contributed by atoms with Crippen LogP contribution in [0.25, 0.3) is 0 Å². The maximum atomic E-state index is 8.43. The van der Waals surface area contributed by atoms with E-state index in [0.717, 1.165) is 11.5 Å². The predicted octanol–water partition coefficient (Wildman–Crippen LogP) is 0.851. The number of thioether (sulfide) groups is 1. The summed E-state index contributed by atoms with van der Waals surface area (Å²) in [6.45, 7) is 2.09. The number of nitriles is 1. The molecule has 0 radical (unpaired) electrons. The fourth-order valence-electron chi connectivity index (χ4n) is 0.421. The quantitative estimate of drug-likeness (QED) is 0.635. The lowest BCUT2D eigenvalue weighted by Gasteiger charge is -2.03. The second-order valence-electron chi connectivity index (χ2n) is 1.63. The van der Waals surface area contributed by atoms with E-state index in [-0.39, 0.29) is 6.04 Å². The summed E-state index contributed by atoms with van der Waals surface area (Å²) in [5.74, 6) is 1.98. The molecule has 0 aliphatic rings. The molecular weight excluding hydrogens is 132 g/mol. The summed E-state index contributed by atoms with van der Waals surface area (Å²) in [6.07, 6.45) is 0. The normalized spacial score (nSPS) is 12.6. The van der Waals surface area contributed by atoms with Crippen molar-refractivity contribution < 1.29 is 0 Å². The molecule has 0 heterocycles. The number of hydrogen-bond acceptors (Lipinski definition) is 3. The maximum absolute atomic E-state index is 8.43. The van der Waals surface area contributed by atoms with Crippen LogP contribution in [0.3, 0.4) is 0 Å². The van der Waals surface area contributed by atoms with Gasteiger partial charge in [-0.3, -0.25) is 0 Å². The molecule has 0 aromatic rings. The van der Waals surface area contributed by atoms with E-state index in [1.54, 1.807) is 11.8 Å². The highest BCUT2D eigenvalue weighted by Crippen LogP contribution is 1.99. The van der Waals surface area contributed by atoms with Crippen LogP contribution in [0.2, 0.25) is 0 Å². The van der Waals surface area contributed by atoms with Crippen LogP contribution >= 0.6 is 11.8 Å². The summed E-state index contributed by atoms with van der Waals surface area (Å²) in [4.78, 5) is 0. The van der Waals surface area contributed by atoms with Gasteiger partial charge in [-0.1, -0.05) is 6.92 Å². The van der Waals surface area contributed by atoms with E-state index in [1.807, 2.05) is 7.05 Å². The van der Waals surface area contributed by atoms with Gasteiger partial charge in [0.2, 0.25) is 0 Å². The molecule has 0 aliphatic carbocycles. The molecule has 1 atom stereocenters. The molecule has 0 saturated heterocycles. The predicted molar refractivity (Wildman–Crippen MR) is 41.5 cm³/mol. The number of hydrogen-bond donors (Lipinski definition) is 1. The van der Waals surface area contributed by atoms with Gasteiger partial charge in [0.05, 0.1) is 6.07 Å². The summed E-state index contributed by atoms with van der Waals surface area (Å²) in [5.41, 5.74) is 0. The lowest BCUT2D eigenvalue weighted by atomic mass is 10.4. The molecule has 0 aromatic carbocycles. The maximum Gasteiger partial charge on any atom is 0.104 e. The van der Waals surface area contributed by atoms with E-state index >= 15 is 0 Å². The van der Waals surface area contributed by atoms with Crippen molar-refractivity contribution in [2.75, 3.05) is 18.6 Å². The topological polar surface area (TPSA) is 35.8 Å². The Morgan fingerprint density at radius 2 is 2.44 bits per heavy atom. The molecular formula is C6H12N2S. The van der Waals surface area contributed by atoms with Crippen LogP contribution in [0.5, 0.6) is 0 Å². The van der Waals surface area contributed by atoms with E-state index in [1.165, 1.54) is 0 Å². The second-order valence-corrected chi connectivity index (χ2v) is 2.95. The van der Waals surface area contributed by atoms with Crippen LogP contribution in [0.1, 0.15) is 6.92 Å². The molecule has 0 fully saturated rings. The first-order valence-electron chi connectivity index (χ1n) is 2.99. The first-order chi connectivity index (χ1) is 4.35. The van der Waals surface area contributed by atoms with Crippen molar-refractivity contribution in [2.45, 2.75) is 13.0 Å². The molecule has 1 N–H and O–H groups in total. The Morgan fingerprint density at radius 3 is 2.78 bits per heavy atom. The van der Waals surface area contributed by atoms with Crippen molar-refractivity contribution in [1.29, 1.82) is 5.26 Å². The molecule has 0 aliphatic heterocycles. The van der Waals surface area contributed by atoms with Crippen LogP contribution in [0.15, 0.2) is 0 Å². The molecule has 0 amide bonds. The van der Waals surface area contributed by atoms with Crippen molar-refractivity contribution in [1.82, 2.24) is 5.32 Å². The van der Waals surface area contributed by atoms with Gasteiger partial charge in [-0.25, -0.2) is 0 Å². The molecule has 52 valence electrons. The Balaban J connectivity index is 3.23. The van der Waals surface area contributed by atoms with Crippen molar-refractivity contribution in [3.8, 4) is 6.07 Å². The highest BCUT2D eigenvalue weighted by atomic mass is 32.2. The van der Waals surface area contributed by atoms with Crippen LogP contribution in [0, 0.1) is 11.3 Å². The van der Waals surface area contributed by atoms with Gasteiger partial charge in [-0.05, 0) is 12.8 Å². The zero-order valence-electron chi connectivity index (χ0n) is 5.85. The van der Waals surface area contributed by atoms with E-state index in [4.69, 9.17) is 5.26 Å². The Kier molecular flexibility index (Phi) is 5.80. The molecule has 0 aromatic heterocycles. The van der Waals surface area contributed by atoms with Crippen LogP contribution in [-0.4, -0.2) is 24.6 Å². The van der Waals surface area contributed by atoms with Gasteiger partial charge in [-0.15, -0.1) is 0 Å². The monoisotopic (exact) mass is 144 g/mol. The SMILES string of the molecule is CCSCC(C#N)NC. The highest BCUT2D eigenvalue weighted by Gasteiger charge is 2.00. The minimum absolute atomic E-state index is 0.0231. The number of nitrogens with zero attached hydrogens (tertiary/aromatic N) is 1. The Bertz CT molecular complexity index is 97.7. The number of nitrogens with one attached hydrogen (secondary N) is 1. The summed E-state index contributed by atoms with van der Waals surface area (Å²) < 4.78 is 0. The Hall–Kier alpha value is -0.200. The standard InChI is InChI=1S/C6H12N2S/c1-3-9-5-6(4-7)8-2/h6,8H,3,5H2,1-2H3. The molecule has 9 heavy (non-hydrogen) atoms. The van der Waals surface area contributed by atoms with Gasteiger partial charge in [0.15, 0.2) is 0 Å².